The molecule has 29 heavy (non-hydrogen) atoms. The molecule has 0 bridgehead atoms. The molecule has 1 atom stereocenters. The fraction of sp³-hybridized carbons (Fsp3) is 1.00. The van der Waals surface area contributed by atoms with Crippen molar-refractivity contribution < 1.29 is 18.9 Å². The van der Waals surface area contributed by atoms with Crippen molar-refractivity contribution in [1.82, 2.24) is 0 Å². The summed E-state index contributed by atoms with van der Waals surface area (Å²) in [6.45, 7) is 4.71. The first-order valence-corrected chi connectivity index (χ1v) is 14.2. The van der Waals surface area contributed by atoms with E-state index in [1.54, 1.807) is 0 Å². The van der Waals surface area contributed by atoms with Crippen molar-refractivity contribution in [3.63, 3.8) is 0 Å². The monoisotopic (exact) mass is 434 g/mol. The van der Waals surface area contributed by atoms with Crippen LogP contribution in [0.25, 0.3) is 0 Å². The maximum atomic E-state index is 11.1. The van der Waals surface area contributed by atoms with E-state index in [1.807, 2.05) is 0 Å². The van der Waals surface area contributed by atoms with Gasteiger partial charge in [-0.1, -0.05) is 129 Å². The summed E-state index contributed by atoms with van der Waals surface area (Å²) in [6, 6.07) is 0. The molecule has 0 saturated heterocycles. The van der Waals surface area contributed by atoms with E-state index in [1.165, 1.54) is 103 Å². The predicted octanol–water partition coefficient (Wildman–Crippen LogP) is 8.55. The summed E-state index contributed by atoms with van der Waals surface area (Å²) in [7, 11) is -4.35. The van der Waals surface area contributed by atoms with E-state index >= 15 is 0 Å². The molecule has 2 N–H and O–H groups in total. The minimum absolute atomic E-state index is 0.207. The molecule has 0 heterocycles. The van der Waals surface area contributed by atoms with E-state index < -0.39 is 7.82 Å². The van der Waals surface area contributed by atoms with Crippen LogP contribution in [0.15, 0.2) is 0 Å². The quantitative estimate of drug-likeness (QED) is 0.125. The molecule has 0 aliphatic carbocycles. The van der Waals surface area contributed by atoms with Gasteiger partial charge in [-0.05, 0) is 18.8 Å². The summed E-state index contributed by atoms with van der Waals surface area (Å²) >= 11 is 0. The Kier molecular flexibility index (Phi) is 21.4. The molecule has 0 spiro atoms. The van der Waals surface area contributed by atoms with E-state index in [4.69, 9.17) is 14.3 Å². The zero-order valence-electron chi connectivity index (χ0n) is 19.6. The predicted molar refractivity (Wildman–Crippen MR) is 125 cm³/mol. The second-order valence-electron chi connectivity index (χ2n) is 8.89. The molecule has 0 radical (unpaired) electrons. The van der Waals surface area contributed by atoms with Crippen LogP contribution in [0.1, 0.15) is 142 Å². The SMILES string of the molecule is CCCCCCCCCCCCC(CCCCCCCCCC)COP(=O)(O)O. The maximum absolute atomic E-state index is 11.1. The van der Waals surface area contributed by atoms with Crippen molar-refractivity contribution in [1.29, 1.82) is 0 Å². The number of phosphoric acid groups is 1. The molecule has 176 valence electrons. The third-order valence-corrected chi connectivity index (χ3v) is 6.40. The highest BCUT2D eigenvalue weighted by atomic mass is 31.2. The number of rotatable bonds is 23. The lowest BCUT2D eigenvalue weighted by atomic mass is 9.94. The normalized spacial score (nSPS) is 13.1. The van der Waals surface area contributed by atoms with Gasteiger partial charge < -0.3 is 9.79 Å². The van der Waals surface area contributed by atoms with Gasteiger partial charge in [0.15, 0.2) is 0 Å². The maximum Gasteiger partial charge on any atom is 0.469 e. The lowest BCUT2D eigenvalue weighted by Gasteiger charge is -2.17. The van der Waals surface area contributed by atoms with E-state index in [0.717, 1.165) is 25.7 Å². The molecule has 0 amide bonds. The molecular formula is C24H51O4P. The molecular weight excluding hydrogens is 383 g/mol. The van der Waals surface area contributed by atoms with Crippen molar-refractivity contribution in [2.75, 3.05) is 6.61 Å². The first-order chi connectivity index (χ1) is 14.0. The van der Waals surface area contributed by atoms with Crippen LogP contribution in [-0.2, 0) is 9.09 Å². The van der Waals surface area contributed by atoms with E-state index in [9.17, 15) is 4.57 Å². The highest BCUT2D eigenvalue weighted by molar-refractivity contribution is 7.46. The van der Waals surface area contributed by atoms with Crippen molar-refractivity contribution in [3.8, 4) is 0 Å². The Bertz CT molecular complexity index is 370. The van der Waals surface area contributed by atoms with E-state index in [-0.39, 0.29) is 12.5 Å². The Morgan fingerprint density at radius 2 is 0.897 bits per heavy atom. The molecule has 0 saturated carbocycles. The molecule has 0 aliphatic rings. The minimum Gasteiger partial charge on any atom is -0.303 e. The lowest BCUT2D eigenvalue weighted by Crippen LogP contribution is -2.09. The Morgan fingerprint density at radius 1 is 0.586 bits per heavy atom. The molecule has 0 aromatic carbocycles. The van der Waals surface area contributed by atoms with Gasteiger partial charge in [0, 0.05) is 0 Å². The smallest absolute Gasteiger partial charge is 0.303 e. The standard InChI is InChI=1S/C24H51O4P/c1-3-5-7-9-11-13-14-16-18-20-22-24(23-28-29(25,26)27)21-19-17-15-12-10-8-6-4-2/h24H,3-23H2,1-2H3,(H2,25,26,27). The first kappa shape index (κ1) is 29.1. The highest BCUT2D eigenvalue weighted by Gasteiger charge is 2.18. The lowest BCUT2D eigenvalue weighted by molar-refractivity contribution is 0.157. The molecule has 0 rings (SSSR count). The average Bonchev–Trinajstić information content (AvgIpc) is 2.68. The third kappa shape index (κ3) is 24.3. The number of unbranched alkanes of at least 4 members (excludes halogenated alkanes) is 16. The number of phosphoric ester groups is 1. The molecule has 4 nitrogen and oxygen atoms in total. The second kappa shape index (κ2) is 21.3. The van der Waals surface area contributed by atoms with Crippen molar-refractivity contribution in [2.24, 2.45) is 5.92 Å². The van der Waals surface area contributed by atoms with Gasteiger partial charge in [-0.15, -0.1) is 0 Å². The summed E-state index contributed by atoms with van der Waals surface area (Å²) in [6.07, 6.45) is 25.6. The van der Waals surface area contributed by atoms with Gasteiger partial charge in [0.25, 0.3) is 0 Å². The van der Waals surface area contributed by atoms with Crippen LogP contribution in [-0.4, -0.2) is 16.4 Å². The Morgan fingerprint density at radius 3 is 1.21 bits per heavy atom. The van der Waals surface area contributed by atoms with E-state index in [2.05, 4.69) is 13.8 Å². The number of hydrogen-bond acceptors (Lipinski definition) is 2. The van der Waals surface area contributed by atoms with E-state index in [0.29, 0.717) is 0 Å². The van der Waals surface area contributed by atoms with Crippen LogP contribution in [0.3, 0.4) is 0 Å². The summed E-state index contributed by atoms with van der Waals surface area (Å²) in [5, 5.41) is 0. The van der Waals surface area contributed by atoms with Crippen molar-refractivity contribution >= 4 is 7.82 Å². The van der Waals surface area contributed by atoms with Gasteiger partial charge in [0.2, 0.25) is 0 Å². The Labute approximate surface area is 181 Å². The van der Waals surface area contributed by atoms with Gasteiger partial charge >= 0.3 is 7.82 Å². The molecule has 0 aromatic heterocycles. The molecule has 0 aromatic rings. The molecule has 0 aliphatic heterocycles. The van der Waals surface area contributed by atoms with Crippen LogP contribution < -0.4 is 0 Å². The van der Waals surface area contributed by atoms with Gasteiger partial charge in [-0.3, -0.25) is 4.52 Å². The van der Waals surface area contributed by atoms with Crippen LogP contribution in [0.4, 0.5) is 0 Å². The fourth-order valence-electron chi connectivity index (χ4n) is 4.00. The van der Waals surface area contributed by atoms with Crippen molar-refractivity contribution in [2.45, 2.75) is 142 Å². The zero-order chi connectivity index (χ0) is 21.6. The zero-order valence-corrected chi connectivity index (χ0v) is 20.5. The van der Waals surface area contributed by atoms with Gasteiger partial charge in [0.1, 0.15) is 0 Å². The van der Waals surface area contributed by atoms with Gasteiger partial charge in [0.05, 0.1) is 6.61 Å². The summed E-state index contributed by atoms with van der Waals surface area (Å²) < 4.78 is 15.9. The van der Waals surface area contributed by atoms with Crippen LogP contribution in [0.5, 0.6) is 0 Å². The first-order valence-electron chi connectivity index (χ1n) is 12.7. The minimum atomic E-state index is -4.35. The van der Waals surface area contributed by atoms with Crippen LogP contribution in [0, 0.1) is 5.92 Å². The molecule has 0 fully saturated rings. The summed E-state index contributed by atoms with van der Waals surface area (Å²) in [5.74, 6) is 0.289. The third-order valence-electron chi connectivity index (χ3n) is 5.91. The second-order valence-corrected chi connectivity index (χ2v) is 10.1. The molecule has 1 unspecified atom stereocenters. The summed E-state index contributed by atoms with van der Waals surface area (Å²) in [4.78, 5) is 18.0. The Balaban J connectivity index is 3.79. The van der Waals surface area contributed by atoms with Gasteiger partial charge in [-0.25, -0.2) is 4.57 Å². The largest absolute Gasteiger partial charge is 0.469 e. The van der Waals surface area contributed by atoms with Gasteiger partial charge in [-0.2, -0.15) is 0 Å². The van der Waals surface area contributed by atoms with Crippen molar-refractivity contribution in [3.05, 3.63) is 0 Å². The average molecular weight is 435 g/mol. The topological polar surface area (TPSA) is 66.8 Å². The summed E-state index contributed by atoms with van der Waals surface area (Å²) in [5.41, 5.74) is 0. The van der Waals surface area contributed by atoms with Crippen LogP contribution in [0.2, 0.25) is 0 Å². The highest BCUT2D eigenvalue weighted by Crippen LogP contribution is 2.37. The Hall–Kier alpha value is 0.110. The molecule has 5 heteroatoms. The van der Waals surface area contributed by atoms with Crippen LogP contribution >= 0.6 is 7.82 Å². The number of hydrogen-bond donors (Lipinski definition) is 2. The fourth-order valence-corrected chi connectivity index (χ4v) is 4.41.